The third kappa shape index (κ3) is 3.27. The smallest absolute Gasteiger partial charge is 0.233 e. The molecule has 0 aliphatic heterocycles. The van der Waals surface area contributed by atoms with Crippen LogP contribution in [-0.4, -0.2) is 10.7 Å². The molecule has 2 nitrogen and oxygen atoms in total. The summed E-state index contributed by atoms with van der Waals surface area (Å²) in [5, 5.41) is 0. The minimum atomic E-state index is -0.555. The highest BCUT2D eigenvalue weighted by atomic mass is 32.2. The lowest BCUT2D eigenvalue weighted by molar-refractivity contribution is -0.119. The van der Waals surface area contributed by atoms with Crippen molar-refractivity contribution in [2.24, 2.45) is 5.73 Å². The number of hydrogen-bond acceptors (Lipinski definition) is 2. The first-order valence-electron chi connectivity index (χ1n) is 4.88. The van der Waals surface area contributed by atoms with Crippen LogP contribution in [0.3, 0.4) is 0 Å². The van der Waals surface area contributed by atoms with Crippen LogP contribution in [0.1, 0.15) is 25.0 Å². The summed E-state index contributed by atoms with van der Waals surface area (Å²) in [6.07, 6.45) is 0. The molecule has 1 rings (SSSR count). The Balaban J connectivity index is 2.94. The molecule has 0 atom stereocenters. The number of rotatable bonds is 3. The van der Waals surface area contributed by atoms with E-state index < -0.39 is 4.75 Å². The topological polar surface area (TPSA) is 43.1 Å². The van der Waals surface area contributed by atoms with Crippen LogP contribution in [0.4, 0.5) is 0 Å². The summed E-state index contributed by atoms with van der Waals surface area (Å²) in [7, 11) is 0. The minimum Gasteiger partial charge on any atom is -0.368 e. The van der Waals surface area contributed by atoms with E-state index in [-0.39, 0.29) is 5.91 Å². The Labute approximate surface area is 95.2 Å². The van der Waals surface area contributed by atoms with Gasteiger partial charge in [-0.15, -0.1) is 11.8 Å². The van der Waals surface area contributed by atoms with E-state index in [1.807, 2.05) is 27.7 Å². The predicted molar refractivity (Wildman–Crippen MR) is 65.0 cm³/mol. The molecule has 82 valence electrons. The molecule has 0 saturated heterocycles. The van der Waals surface area contributed by atoms with Crippen molar-refractivity contribution in [2.75, 3.05) is 0 Å². The van der Waals surface area contributed by atoms with Gasteiger partial charge in [0.2, 0.25) is 5.91 Å². The first kappa shape index (κ1) is 12.1. The molecule has 0 spiro atoms. The van der Waals surface area contributed by atoms with Crippen molar-refractivity contribution in [1.29, 1.82) is 0 Å². The van der Waals surface area contributed by atoms with Crippen LogP contribution < -0.4 is 5.73 Å². The van der Waals surface area contributed by atoms with Gasteiger partial charge in [0, 0.05) is 4.90 Å². The van der Waals surface area contributed by atoms with Crippen molar-refractivity contribution < 1.29 is 4.79 Å². The third-order valence-electron chi connectivity index (χ3n) is 2.16. The van der Waals surface area contributed by atoms with Crippen LogP contribution >= 0.6 is 11.8 Å². The Bertz CT molecular complexity index is 365. The molecule has 0 fully saturated rings. The molecule has 3 heteroatoms. The molecule has 0 radical (unpaired) electrons. The number of nitrogens with two attached hydrogens (primary N) is 1. The number of benzene rings is 1. The van der Waals surface area contributed by atoms with Gasteiger partial charge in [-0.25, -0.2) is 0 Å². The molecular weight excluding hydrogens is 206 g/mol. The van der Waals surface area contributed by atoms with Gasteiger partial charge in [-0.1, -0.05) is 6.07 Å². The second kappa shape index (κ2) is 4.27. The lowest BCUT2D eigenvalue weighted by Crippen LogP contribution is -2.34. The van der Waals surface area contributed by atoms with E-state index in [1.165, 1.54) is 22.9 Å². The number of carbonyl (C=O) groups excluding carboxylic acids is 1. The lowest BCUT2D eigenvalue weighted by atomic mass is 10.2. The van der Waals surface area contributed by atoms with Gasteiger partial charge in [0.15, 0.2) is 0 Å². The molecule has 0 heterocycles. The van der Waals surface area contributed by atoms with E-state index in [4.69, 9.17) is 5.73 Å². The Morgan fingerprint density at radius 1 is 1.20 bits per heavy atom. The maximum absolute atomic E-state index is 11.2. The summed E-state index contributed by atoms with van der Waals surface area (Å²) in [5.74, 6) is -0.286. The Hall–Kier alpha value is -0.960. The van der Waals surface area contributed by atoms with Crippen LogP contribution in [0.15, 0.2) is 23.1 Å². The van der Waals surface area contributed by atoms with Crippen LogP contribution in [0.2, 0.25) is 0 Å². The molecule has 0 saturated carbocycles. The zero-order valence-electron chi connectivity index (χ0n) is 9.63. The van der Waals surface area contributed by atoms with Crippen molar-refractivity contribution >= 4 is 17.7 Å². The highest BCUT2D eigenvalue weighted by molar-refractivity contribution is 8.01. The molecule has 0 aliphatic carbocycles. The molecule has 15 heavy (non-hydrogen) atoms. The molecule has 1 aromatic carbocycles. The third-order valence-corrected chi connectivity index (χ3v) is 3.34. The second-order valence-electron chi connectivity index (χ2n) is 4.30. The van der Waals surface area contributed by atoms with Crippen molar-refractivity contribution in [1.82, 2.24) is 0 Å². The van der Waals surface area contributed by atoms with Gasteiger partial charge in [0.05, 0.1) is 4.75 Å². The van der Waals surface area contributed by atoms with Gasteiger partial charge in [0.25, 0.3) is 0 Å². The quantitative estimate of drug-likeness (QED) is 0.801. The average Bonchev–Trinajstić information content (AvgIpc) is 1.99. The van der Waals surface area contributed by atoms with E-state index in [2.05, 4.69) is 18.2 Å². The summed E-state index contributed by atoms with van der Waals surface area (Å²) in [6.45, 7) is 7.79. The van der Waals surface area contributed by atoms with E-state index in [1.54, 1.807) is 0 Å². The van der Waals surface area contributed by atoms with Crippen molar-refractivity contribution in [3.8, 4) is 0 Å². The molecule has 0 unspecified atom stereocenters. The molecule has 0 bridgehead atoms. The zero-order chi connectivity index (χ0) is 11.6. The molecule has 1 aromatic rings. The summed E-state index contributed by atoms with van der Waals surface area (Å²) >= 11 is 1.51. The summed E-state index contributed by atoms with van der Waals surface area (Å²) in [4.78, 5) is 12.3. The van der Waals surface area contributed by atoms with Crippen LogP contribution in [0, 0.1) is 13.8 Å². The van der Waals surface area contributed by atoms with Gasteiger partial charge in [-0.05, 0) is 51.0 Å². The first-order chi connectivity index (χ1) is 6.81. The number of carbonyl (C=O) groups is 1. The summed E-state index contributed by atoms with van der Waals surface area (Å²) in [5.41, 5.74) is 7.75. The fourth-order valence-electron chi connectivity index (χ4n) is 1.34. The highest BCUT2D eigenvalue weighted by Gasteiger charge is 2.26. The van der Waals surface area contributed by atoms with Crippen molar-refractivity contribution in [2.45, 2.75) is 37.3 Å². The second-order valence-corrected chi connectivity index (χ2v) is 6.00. The van der Waals surface area contributed by atoms with Crippen LogP contribution in [-0.2, 0) is 4.79 Å². The van der Waals surface area contributed by atoms with Crippen molar-refractivity contribution in [3.63, 3.8) is 0 Å². The monoisotopic (exact) mass is 223 g/mol. The predicted octanol–water partition coefficient (Wildman–Crippen LogP) is 2.66. The fourth-order valence-corrected chi connectivity index (χ4v) is 2.52. The normalized spacial score (nSPS) is 11.5. The molecule has 0 aromatic heterocycles. The molecule has 2 N–H and O–H groups in total. The van der Waals surface area contributed by atoms with E-state index >= 15 is 0 Å². The van der Waals surface area contributed by atoms with Gasteiger partial charge < -0.3 is 5.73 Å². The maximum Gasteiger partial charge on any atom is 0.233 e. The zero-order valence-corrected chi connectivity index (χ0v) is 10.4. The average molecular weight is 223 g/mol. The number of thioether (sulfide) groups is 1. The maximum atomic E-state index is 11.2. The molecular formula is C12H17NOS. The van der Waals surface area contributed by atoms with Crippen LogP contribution in [0.25, 0.3) is 0 Å². The van der Waals surface area contributed by atoms with Gasteiger partial charge >= 0.3 is 0 Å². The number of aryl methyl sites for hydroxylation is 2. The summed E-state index contributed by atoms with van der Waals surface area (Å²) in [6, 6.07) is 6.26. The Morgan fingerprint density at radius 2 is 1.67 bits per heavy atom. The van der Waals surface area contributed by atoms with E-state index in [9.17, 15) is 4.79 Å². The molecule has 0 aliphatic rings. The van der Waals surface area contributed by atoms with Gasteiger partial charge in [0.1, 0.15) is 0 Å². The number of hydrogen-bond donors (Lipinski definition) is 1. The summed E-state index contributed by atoms with van der Waals surface area (Å²) < 4.78 is -0.555. The largest absolute Gasteiger partial charge is 0.368 e. The Morgan fingerprint density at radius 3 is 2.07 bits per heavy atom. The van der Waals surface area contributed by atoms with Crippen LogP contribution in [0.5, 0.6) is 0 Å². The van der Waals surface area contributed by atoms with Gasteiger partial charge in [-0.2, -0.15) is 0 Å². The number of amides is 1. The fraction of sp³-hybridized carbons (Fsp3) is 0.417. The van der Waals surface area contributed by atoms with E-state index in [0.29, 0.717) is 0 Å². The highest BCUT2D eigenvalue weighted by Crippen LogP contribution is 2.33. The standard InChI is InChI=1S/C12H17NOS/c1-8-5-9(2)7-10(6-8)15-12(3,4)11(13)14/h5-7H,1-4H3,(H2,13,14). The lowest BCUT2D eigenvalue weighted by Gasteiger charge is -2.20. The van der Waals surface area contributed by atoms with Crippen molar-refractivity contribution in [3.05, 3.63) is 29.3 Å². The number of primary amides is 1. The van der Waals surface area contributed by atoms with E-state index in [0.717, 1.165) is 4.90 Å². The van der Waals surface area contributed by atoms with Gasteiger partial charge in [-0.3, -0.25) is 4.79 Å². The molecule has 1 amide bonds. The Kier molecular flexibility index (Phi) is 3.45. The first-order valence-corrected chi connectivity index (χ1v) is 5.70. The minimum absolute atomic E-state index is 0.286. The SMILES string of the molecule is Cc1cc(C)cc(SC(C)(C)C(N)=O)c1.